The maximum Gasteiger partial charge on any atom is 0.225 e. The molecule has 0 amide bonds. The zero-order valence-electron chi connectivity index (χ0n) is 12.6. The molecule has 0 radical (unpaired) electrons. The van der Waals surface area contributed by atoms with Crippen LogP contribution in [0, 0.1) is 5.92 Å². The molecule has 0 aliphatic carbocycles. The Bertz CT molecular complexity index is 551. The summed E-state index contributed by atoms with van der Waals surface area (Å²) in [7, 11) is 0. The molecule has 2 rings (SSSR count). The van der Waals surface area contributed by atoms with E-state index in [0.717, 1.165) is 42.7 Å². The molecule has 0 unspecified atom stereocenters. The summed E-state index contributed by atoms with van der Waals surface area (Å²) in [5, 5.41) is 7.79. The summed E-state index contributed by atoms with van der Waals surface area (Å²) in [5.74, 6) is 2.32. The highest BCUT2D eigenvalue weighted by atomic mass is 15.1. The van der Waals surface area contributed by atoms with Crippen molar-refractivity contribution >= 4 is 22.7 Å². The van der Waals surface area contributed by atoms with E-state index < -0.39 is 0 Å². The third-order valence-corrected chi connectivity index (χ3v) is 3.15. The van der Waals surface area contributed by atoms with Gasteiger partial charge in [0.1, 0.15) is 5.82 Å². The van der Waals surface area contributed by atoms with Crippen molar-refractivity contribution in [2.45, 2.75) is 33.6 Å². The van der Waals surface area contributed by atoms with E-state index >= 15 is 0 Å². The molecule has 0 saturated heterocycles. The van der Waals surface area contributed by atoms with Gasteiger partial charge in [-0.3, -0.25) is 0 Å². The number of fused-ring (bicyclic) bond motifs is 1. The number of para-hydroxylation sites is 1. The van der Waals surface area contributed by atoms with Crippen LogP contribution in [0.1, 0.15) is 33.6 Å². The average Bonchev–Trinajstić information content (AvgIpc) is 2.44. The van der Waals surface area contributed by atoms with E-state index in [1.165, 1.54) is 0 Å². The molecule has 0 bridgehead atoms. The Morgan fingerprint density at radius 1 is 1.05 bits per heavy atom. The normalized spacial score (nSPS) is 11.0. The summed E-state index contributed by atoms with van der Waals surface area (Å²) in [6, 6.07) is 8.13. The second kappa shape index (κ2) is 7.08. The zero-order chi connectivity index (χ0) is 14.4. The third kappa shape index (κ3) is 3.83. The molecule has 1 aromatic carbocycles. The van der Waals surface area contributed by atoms with Gasteiger partial charge in [0.15, 0.2) is 0 Å². The maximum atomic E-state index is 4.60. The first kappa shape index (κ1) is 14.6. The SMILES string of the molecule is CCCNc1nc(NCCC(C)C)c2ccccc2n1. The lowest BCUT2D eigenvalue weighted by molar-refractivity contribution is 0.607. The molecule has 2 N–H and O–H groups in total. The van der Waals surface area contributed by atoms with Crippen molar-refractivity contribution in [3.8, 4) is 0 Å². The minimum atomic E-state index is 0.688. The van der Waals surface area contributed by atoms with E-state index in [-0.39, 0.29) is 0 Å². The number of nitrogens with zero attached hydrogens (tertiary/aromatic N) is 2. The number of rotatable bonds is 7. The minimum Gasteiger partial charge on any atom is -0.369 e. The molecular weight excluding hydrogens is 248 g/mol. The van der Waals surface area contributed by atoms with Crippen LogP contribution in [0.2, 0.25) is 0 Å². The number of anilines is 2. The van der Waals surface area contributed by atoms with Gasteiger partial charge in [-0.2, -0.15) is 4.98 Å². The first-order chi connectivity index (χ1) is 9.70. The maximum absolute atomic E-state index is 4.60. The molecule has 108 valence electrons. The Morgan fingerprint density at radius 3 is 2.60 bits per heavy atom. The molecule has 0 fully saturated rings. The van der Waals surface area contributed by atoms with E-state index in [2.05, 4.69) is 47.4 Å². The van der Waals surface area contributed by atoms with E-state index in [9.17, 15) is 0 Å². The Balaban J connectivity index is 2.24. The fraction of sp³-hybridized carbons (Fsp3) is 0.500. The largest absolute Gasteiger partial charge is 0.369 e. The third-order valence-electron chi connectivity index (χ3n) is 3.15. The predicted octanol–water partition coefficient (Wildman–Crippen LogP) is 3.91. The first-order valence-electron chi connectivity index (χ1n) is 7.45. The van der Waals surface area contributed by atoms with Crippen molar-refractivity contribution in [1.29, 1.82) is 0 Å². The highest BCUT2D eigenvalue weighted by Crippen LogP contribution is 2.21. The summed E-state index contributed by atoms with van der Waals surface area (Å²) < 4.78 is 0. The Labute approximate surface area is 121 Å². The van der Waals surface area contributed by atoms with Gasteiger partial charge in [0.25, 0.3) is 0 Å². The van der Waals surface area contributed by atoms with E-state index in [0.29, 0.717) is 11.9 Å². The van der Waals surface area contributed by atoms with E-state index in [4.69, 9.17) is 0 Å². The fourth-order valence-corrected chi connectivity index (χ4v) is 2.01. The number of nitrogens with one attached hydrogen (secondary N) is 2. The Morgan fingerprint density at radius 2 is 1.85 bits per heavy atom. The topological polar surface area (TPSA) is 49.8 Å². The van der Waals surface area contributed by atoms with Gasteiger partial charge >= 0.3 is 0 Å². The second-order valence-corrected chi connectivity index (χ2v) is 5.45. The summed E-state index contributed by atoms with van der Waals surface area (Å²) in [4.78, 5) is 9.16. The molecule has 1 heterocycles. The van der Waals surface area contributed by atoms with Gasteiger partial charge in [-0.05, 0) is 30.9 Å². The average molecular weight is 272 g/mol. The fourth-order valence-electron chi connectivity index (χ4n) is 2.01. The lowest BCUT2D eigenvalue weighted by atomic mass is 10.1. The van der Waals surface area contributed by atoms with Crippen LogP contribution in [0.4, 0.5) is 11.8 Å². The van der Waals surface area contributed by atoms with Crippen LogP contribution >= 0.6 is 0 Å². The van der Waals surface area contributed by atoms with Crippen LogP contribution < -0.4 is 10.6 Å². The quantitative estimate of drug-likeness (QED) is 0.802. The van der Waals surface area contributed by atoms with Crippen LogP contribution in [0.3, 0.4) is 0 Å². The molecule has 0 saturated carbocycles. The van der Waals surface area contributed by atoms with Gasteiger partial charge in [-0.1, -0.05) is 32.9 Å². The molecular formula is C16H24N4. The Kier molecular flexibility index (Phi) is 5.16. The number of hydrogen-bond acceptors (Lipinski definition) is 4. The van der Waals surface area contributed by atoms with Crippen molar-refractivity contribution < 1.29 is 0 Å². The molecule has 4 heteroatoms. The molecule has 0 atom stereocenters. The summed E-state index contributed by atoms with van der Waals surface area (Å²) in [5.41, 5.74) is 0.980. The van der Waals surface area contributed by atoms with Crippen LogP contribution in [0.25, 0.3) is 10.9 Å². The summed E-state index contributed by atoms with van der Waals surface area (Å²) >= 11 is 0. The van der Waals surface area contributed by atoms with Crippen LogP contribution in [-0.4, -0.2) is 23.1 Å². The van der Waals surface area contributed by atoms with Crippen LogP contribution in [-0.2, 0) is 0 Å². The van der Waals surface area contributed by atoms with Crippen molar-refractivity contribution in [3.63, 3.8) is 0 Å². The van der Waals surface area contributed by atoms with Crippen molar-refractivity contribution in [3.05, 3.63) is 24.3 Å². The van der Waals surface area contributed by atoms with Gasteiger partial charge in [0.2, 0.25) is 5.95 Å². The molecule has 2 aromatic rings. The molecule has 20 heavy (non-hydrogen) atoms. The van der Waals surface area contributed by atoms with E-state index in [1.54, 1.807) is 0 Å². The first-order valence-corrected chi connectivity index (χ1v) is 7.45. The van der Waals surface area contributed by atoms with Gasteiger partial charge in [0, 0.05) is 18.5 Å². The predicted molar refractivity (Wildman–Crippen MR) is 86.3 cm³/mol. The molecule has 4 nitrogen and oxygen atoms in total. The number of benzene rings is 1. The van der Waals surface area contributed by atoms with Gasteiger partial charge in [-0.25, -0.2) is 4.98 Å². The highest BCUT2D eigenvalue weighted by molar-refractivity contribution is 5.89. The highest BCUT2D eigenvalue weighted by Gasteiger charge is 2.06. The molecule has 1 aromatic heterocycles. The summed E-state index contributed by atoms with van der Waals surface area (Å²) in [6.45, 7) is 8.42. The minimum absolute atomic E-state index is 0.688. The number of hydrogen-bond donors (Lipinski definition) is 2. The molecule has 0 aliphatic heterocycles. The summed E-state index contributed by atoms with van der Waals surface area (Å²) in [6.07, 6.45) is 2.20. The monoisotopic (exact) mass is 272 g/mol. The van der Waals surface area contributed by atoms with Gasteiger partial charge in [-0.15, -0.1) is 0 Å². The van der Waals surface area contributed by atoms with Gasteiger partial charge < -0.3 is 10.6 Å². The van der Waals surface area contributed by atoms with Crippen molar-refractivity contribution in [2.75, 3.05) is 23.7 Å². The van der Waals surface area contributed by atoms with E-state index in [1.807, 2.05) is 18.2 Å². The van der Waals surface area contributed by atoms with Gasteiger partial charge in [0.05, 0.1) is 5.52 Å². The zero-order valence-corrected chi connectivity index (χ0v) is 12.6. The molecule has 0 aliphatic rings. The number of aromatic nitrogens is 2. The lowest BCUT2D eigenvalue weighted by Crippen LogP contribution is -2.10. The lowest BCUT2D eigenvalue weighted by Gasteiger charge is -2.12. The second-order valence-electron chi connectivity index (χ2n) is 5.45. The van der Waals surface area contributed by atoms with Crippen molar-refractivity contribution in [2.24, 2.45) is 5.92 Å². The Hall–Kier alpha value is -1.84. The standard InChI is InChI=1S/C16H24N4/c1-4-10-18-16-19-14-8-6-5-7-13(14)15(20-16)17-11-9-12(2)3/h5-8,12H,4,9-11H2,1-3H3,(H2,17,18,19,20). The van der Waals surface area contributed by atoms with Crippen molar-refractivity contribution in [1.82, 2.24) is 9.97 Å². The van der Waals surface area contributed by atoms with Crippen LogP contribution in [0.15, 0.2) is 24.3 Å². The van der Waals surface area contributed by atoms with Crippen LogP contribution in [0.5, 0.6) is 0 Å². The molecule has 0 spiro atoms. The smallest absolute Gasteiger partial charge is 0.225 e.